The van der Waals surface area contributed by atoms with Gasteiger partial charge in [0.05, 0.1) is 22.9 Å². The van der Waals surface area contributed by atoms with Crippen molar-refractivity contribution in [1.82, 2.24) is 5.43 Å². The third kappa shape index (κ3) is 4.43. The van der Waals surface area contributed by atoms with Crippen molar-refractivity contribution in [2.75, 3.05) is 19.8 Å². The second-order valence-corrected chi connectivity index (χ2v) is 5.65. The number of nitrogens with zero attached hydrogens (tertiary/aromatic N) is 2. The number of halogens is 1. The van der Waals surface area contributed by atoms with Gasteiger partial charge in [0.25, 0.3) is 5.91 Å². The van der Waals surface area contributed by atoms with Gasteiger partial charge in [-0.25, -0.2) is 5.43 Å². The van der Waals surface area contributed by atoms with E-state index in [1.54, 1.807) is 36.4 Å². The highest BCUT2D eigenvalue weighted by Gasteiger charge is 2.16. The maximum absolute atomic E-state index is 11.8. The summed E-state index contributed by atoms with van der Waals surface area (Å²) in [4.78, 5) is 11.8. The van der Waals surface area contributed by atoms with Gasteiger partial charge in [-0.1, -0.05) is 11.6 Å². The average Bonchev–Trinajstić information content (AvgIpc) is 2.67. The van der Waals surface area contributed by atoms with E-state index in [0.717, 1.165) is 0 Å². The molecule has 7 nitrogen and oxygen atoms in total. The zero-order valence-electron chi connectivity index (χ0n) is 13.6. The molecule has 0 saturated carbocycles. The molecule has 1 N–H and O–H groups in total. The summed E-state index contributed by atoms with van der Waals surface area (Å²) in [5, 5.41) is 13.0. The van der Waals surface area contributed by atoms with Crippen LogP contribution >= 0.6 is 11.6 Å². The predicted molar refractivity (Wildman–Crippen MR) is 94.8 cm³/mol. The largest absolute Gasteiger partial charge is 0.486 e. The fourth-order valence-electron chi connectivity index (χ4n) is 2.19. The molecular formula is C18H14ClN3O4. The van der Waals surface area contributed by atoms with Gasteiger partial charge >= 0.3 is 0 Å². The summed E-state index contributed by atoms with van der Waals surface area (Å²) in [7, 11) is 0. The Labute approximate surface area is 154 Å². The molecule has 1 heterocycles. The van der Waals surface area contributed by atoms with Crippen LogP contribution in [-0.4, -0.2) is 31.9 Å². The lowest BCUT2D eigenvalue weighted by Crippen LogP contribution is -2.24. The number of carbonyl (C=O) groups excluding carboxylic acids is 1. The Morgan fingerprint density at radius 1 is 1.31 bits per heavy atom. The molecule has 26 heavy (non-hydrogen) atoms. The molecule has 0 atom stereocenters. The van der Waals surface area contributed by atoms with Crippen molar-refractivity contribution in [2.24, 2.45) is 5.10 Å². The number of nitriles is 1. The second-order valence-electron chi connectivity index (χ2n) is 5.24. The van der Waals surface area contributed by atoms with E-state index < -0.39 is 5.91 Å². The molecule has 0 bridgehead atoms. The number of ether oxygens (including phenoxy) is 3. The minimum absolute atomic E-state index is 0.203. The summed E-state index contributed by atoms with van der Waals surface area (Å²) in [6.07, 6.45) is 1.45. The third-order valence-corrected chi connectivity index (χ3v) is 3.66. The first-order valence-electron chi connectivity index (χ1n) is 7.70. The van der Waals surface area contributed by atoms with E-state index in [1.165, 1.54) is 6.21 Å². The van der Waals surface area contributed by atoms with Crippen LogP contribution in [-0.2, 0) is 4.79 Å². The van der Waals surface area contributed by atoms with Crippen LogP contribution in [0.1, 0.15) is 11.1 Å². The highest BCUT2D eigenvalue weighted by molar-refractivity contribution is 6.32. The van der Waals surface area contributed by atoms with Crippen molar-refractivity contribution in [3.8, 4) is 23.3 Å². The average molecular weight is 372 g/mol. The molecule has 0 saturated heterocycles. The number of hydrogen-bond donors (Lipinski definition) is 1. The van der Waals surface area contributed by atoms with Crippen LogP contribution in [0, 0.1) is 11.3 Å². The molecule has 0 fully saturated rings. The van der Waals surface area contributed by atoms with E-state index in [-0.39, 0.29) is 6.61 Å². The Balaban J connectivity index is 1.52. The van der Waals surface area contributed by atoms with E-state index in [9.17, 15) is 4.79 Å². The minimum atomic E-state index is -0.422. The van der Waals surface area contributed by atoms with Gasteiger partial charge in [-0.15, -0.1) is 0 Å². The number of hydrazone groups is 1. The Bertz CT molecular complexity index is 875. The summed E-state index contributed by atoms with van der Waals surface area (Å²) in [6.45, 7) is 0.702. The van der Waals surface area contributed by atoms with Crippen LogP contribution < -0.4 is 19.6 Å². The van der Waals surface area contributed by atoms with E-state index in [2.05, 4.69) is 10.5 Å². The van der Waals surface area contributed by atoms with Gasteiger partial charge in [-0.2, -0.15) is 10.4 Å². The van der Waals surface area contributed by atoms with E-state index in [0.29, 0.717) is 46.6 Å². The maximum Gasteiger partial charge on any atom is 0.277 e. The smallest absolute Gasteiger partial charge is 0.277 e. The molecule has 0 aromatic heterocycles. The van der Waals surface area contributed by atoms with Crippen LogP contribution in [0.2, 0.25) is 5.02 Å². The lowest BCUT2D eigenvalue weighted by atomic mass is 10.2. The van der Waals surface area contributed by atoms with Crippen LogP contribution in [0.15, 0.2) is 41.5 Å². The number of nitrogens with one attached hydrogen (secondary N) is 1. The first kappa shape index (κ1) is 17.6. The summed E-state index contributed by atoms with van der Waals surface area (Å²) in [5.41, 5.74) is 3.54. The van der Waals surface area contributed by atoms with Crippen molar-refractivity contribution >= 4 is 23.7 Å². The van der Waals surface area contributed by atoms with Gasteiger partial charge in [0.15, 0.2) is 18.1 Å². The monoisotopic (exact) mass is 371 g/mol. The van der Waals surface area contributed by atoms with Crippen molar-refractivity contribution in [1.29, 1.82) is 5.26 Å². The van der Waals surface area contributed by atoms with Crippen molar-refractivity contribution in [3.63, 3.8) is 0 Å². The predicted octanol–water partition coefficient (Wildman–Crippen LogP) is 2.51. The third-order valence-electron chi connectivity index (χ3n) is 3.38. The second kappa shape index (κ2) is 8.23. The van der Waals surface area contributed by atoms with Gasteiger partial charge in [0.1, 0.15) is 19.0 Å². The van der Waals surface area contributed by atoms with Gasteiger partial charge in [0, 0.05) is 0 Å². The molecular weight excluding hydrogens is 358 g/mol. The number of carbonyl (C=O) groups is 1. The lowest BCUT2D eigenvalue weighted by Gasteiger charge is -2.19. The Morgan fingerprint density at radius 2 is 2.08 bits per heavy atom. The fourth-order valence-corrected chi connectivity index (χ4v) is 2.46. The van der Waals surface area contributed by atoms with Gasteiger partial charge in [0.2, 0.25) is 0 Å². The van der Waals surface area contributed by atoms with E-state index in [4.69, 9.17) is 31.1 Å². The molecule has 3 rings (SSSR count). The van der Waals surface area contributed by atoms with Crippen LogP contribution in [0.4, 0.5) is 0 Å². The van der Waals surface area contributed by atoms with Crippen molar-refractivity contribution < 1.29 is 19.0 Å². The minimum Gasteiger partial charge on any atom is -0.486 e. The van der Waals surface area contributed by atoms with Crippen LogP contribution in [0.25, 0.3) is 0 Å². The summed E-state index contributed by atoms with van der Waals surface area (Å²) >= 11 is 6.13. The molecule has 1 amide bonds. The molecule has 1 aliphatic rings. The zero-order valence-corrected chi connectivity index (χ0v) is 14.3. The highest BCUT2D eigenvalue weighted by Crippen LogP contribution is 2.37. The maximum atomic E-state index is 11.8. The summed E-state index contributed by atoms with van der Waals surface area (Å²) < 4.78 is 16.2. The van der Waals surface area contributed by atoms with Crippen molar-refractivity contribution in [3.05, 3.63) is 52.5 Å². The lowest BCUT2D eigenvalue weighted by molar-refractivity contribution is -0.123. The summed E-state index contributed by atoms with van der Waals surface area (Å²) in [6, 6.07) is 11.8. The molecule has 2 aromatic carbocycles. The normalized spacial score (nSPS) is 12.5. The zero-order chi connectivity index (χ0) is 18.4. The quantitative estimate of drug-likeness (QED) is 0.644. The van der Waals surface area contributed by atoms with Gasteiger partial charge in [-0.05, 0) is 42.0 Å². The first-order valence-corrected chi connectivity index (χ1v) is 8.07. The first-order chi connectivity index (χ1) is 12.7. The Kier molecular flexibility index (Phi) is 5.56. The molecule has 8 heteroatoms. The van der Waals surface area contributed by atoms with E-state index >= 15 is 0 Å². The van der Waals surface area contributed by atoms with Crippen LogP contribution in [0.5, 0.6) is 17.2 Å². The number of hydrogen-bond acceptors (Lipinski definition) is 6. The molecule has 132 valence electrons. The molecule has 0 aliphatic carbocycles. The number of amides is 1. The summed E-state index contributed by atoms with van der Waals surface area (Å²) in [5.74, 6) is 1.12. The standard InChI is InChI=1S/C18H14ClN3O4/c19-15-7-13(8-16-18(15)25-6-5-24-16)10-21-22-17(23)11-26-14-3-1-12(9-20)2-4-14/h1-4,7-8,10H,5-6,11H2,(H,22,23)/b21-10-. The Morgan fingerprint density at radius 3 is 2.85 bits per heavy atom. The SMILES string of the molecule is N#Cc1ccc(OCC(=O)N/N=C\c2cc(Cl)c3c(c2)OCCO3)cc1. The highest BCUT2D eigenvalue weighted by atomic mass is 35.5. The van der Waals surface area contributed by atoms with Gasteiger partial charge in [-0.3, -0.25) is 4.79 Å². The van der Waals surface area contributed by atoms with Gasteiger partial charge < -0.3 is 14.2 Å². The Hall–Kier alpha value is -3.24. The molecule has 0 unspecified atom stereocenters. The van der Waals surface area contributed by atoms with Crippen molar-refractivity contribution in [2.45, 2.75) is 0 Å². The van der Waals surface area contributed by atoms with E-state index in [1.807, 2.05) is 6.07 Å². The molecule has 0 spiro atoms. The number of rotatable bonds is 5. The molecule has 0 radical (unpaired) electrons. The topological polar surface area (TPSA) is 92.9 Å². The number of benzene rings is 2. The molecule has 2 aromatic rings. The molecule has 1 aliphatic heterocycles. The number of fused-ring (bicyclic) bond motifs is 1. The van der Waals surface area contributed by atoms with Crippen LogP contribution in [0.3, 0.4) is 0 Å². The fraction of sp³-hybridized carbons (Fsp3) is 0.167.